The Morgan fingerprint density at radius 3 is 2.87 bits per heavy atom. The van der Waals surface area contributed by atoms with E-state index in [1.165, 1.54) is 6.42 Å². The third-order valence-corrected chi connectivity index (χ3v) is 2.50. The fraction of sp³-hybridized carbons (Fsp3) is 1.00. The van der Waals surface area contributed by atoms with Gasteiger partial charge >= 0.3 is 0 Å². The van der Waals surface area contributed by atoms with Crippen molar-refractivity contribution in [1.82, 2.24) is 10.2 Å². The molecule has 0 aromatic heterocycles. The van der Waals surface area contributed by atoms with Crippen molar-refractivity contribution in [2.45, 2.75) is 19.4 Å². The molecule has 1 heterocycles. The summed E-state index contributed by atoms with van der Waals surface area (Å²) in [6, 6.07) is 0. The van der Waals surface area contributed by atoms with E-state index in [0.29, 0.717) is 0 Å². The summed E-state index contributed by atoms with van der Waals surface area (Å²) in [5.41, 5.74) is 0. The zero-order valence-corrected chi connectivity index (χ0v) is 10.00. The lowest BCUT2D eigenvalue weighted by molar-refractivity contribution is -0.0956. The first-order valence-electron chi connectivity index (χ1n) is 5.91. The highest BCUT2D eigenvalue weighted by atomic mass is 16.6. The minimum atomic E-state index is 0.259. The highest BCUT2D eigenvalue weighted by molar-refractivity contribution is 4.66. The Labute approximate surface area is 92.9 Å². The van der Waals surface area contributed by atoms with Gasteiger partial charge in [0.05, 0.1) is 25.9 Å². The molecule has 0 saturated carbocycles. The molecule has 90 valence electrons. The highest BCUT2D eigenvalue weighted by Gasteiger charge is 2.15. The summed E-state index contributed by atoms with van der Waals surface area (Å²) < 4.78 is 10.9. The van der Waals surface area contributed by atoms with E-state index >= 15 is 0 Å². The van der Waals surface area contributed by atoms with Crippen LogP contribution in [0.1, 0.15) is 13.3 Å². The summed E-state index contributed by atoms with van der Waals surface area (Å²) in [6.45, 7) is 8.62. The second-order valence-corrected chi connectivity index (χ2v) is 4.08. The molecule has 15 heavy (non-hydrogen) atoms. The predicted octanol–water partition coefficient (Wildman–Crippen LogP) is 0.333. The Kier molecular flexibility index (Phi) is 6.92. The minimum Gasteiger partial charge on any atom is -0.376 e. The summed E-state index contributed by atoms with van der Waals surface area (Å²) in [7, 11) is 2.13. The Morgan fingerprint density at radius 1 is 1.33 bits per heavy atom. The third kappa shape index (κ3) is 6.10. The number of ether oxygens (including phenoxy) is 2. The van der Waals surface area contributed by atoms with Gasteiger partial charge in [-0.25, -0.2) is 0 Å². The van der Waals surface area contributed by atoms with Crippen LogP contribution in [0.3, 0.4) is 0 Å². The molecule has 0 bridgehead atoms. The maximum atomic E-state index is 5.59. The molecule has 1 unspecified atom stereocenters. The number of hydrogen-bond acceptors (Lipinski definition) is 4. The third-order valence-electron chi connectivity index (χ3n) is 2.50. The molecule has 1 atom stereocenters. The van der Waals surface area contributed by atoms with Gasteiger partial charge in [-0.2, -0.15) is 0 Å². The lowest BCUT2D eigenvalue weighted by Gasteiger charge is -2.27. The van der Waals surface area contributed by atoms with E-state index in [1.807, 2.05) is 0 Å². The summed E-state index contributed by atoms with van der Waals surface area (Å²) in [4.78, 5) is 2.29. The van der Waals surface area contributed by atoms with Crippen LogP contribution in [-0.4, -0.2) is 64.1 Å². The molecule has 1 rings (SSSR count). The van der Waals surface area contributed by atoms with Gasteiger partial charge in [0, 0.05) is 19.6 Å². The molecule has 0 spiro atoms. The zero-order valence-electron chi connectivity index (χ0n) is 10.00. The molecule has 1 aliphatic heterocycles. The average Bonchev–Trinajstić information content (AvgIpc) is 2.26. The highest BCUT2D eigenvalue weighted by Crippen LogP contribution is 2.01. The monoisotopic (exact) mass is 216 g/mol. The van der Waals surface area contributed by atoms with Crippen molar-refractivity contribution in [3.05, 3.63) is 0 Å². The van der Waals surface area contributed by atoms with Crippen LogP contribution in [0.2, 0.25) is 0 Å². The van der Waals surface area contributed by atoms with E-state index in [4.69, 9.17) is 9.47 Å². The number of nitrogens with one attached hydrogen (secondary N) is 1. The van der Waals surface area contributed by atoms with Crippen LogP contribution < -0.4 is 5.32 Å². The molecule has 0 radical (unpaired) electrons. The molecule has 1 N–H and O–H groups in total. The van der Waals surface area contributed by atoms with E-state index in [0.717, 1.165) is 46.0 Å². The Bertz CT molecular complexity index is 150. The van der Waals surface area contributed by atoms with E-state index in [1.54, 1.807) is 0 Å². The van der Waals surface area contributed by atoms with Crippen molar-refractivity contribution in [2.75, 3.05) is 53.0 Å². The van der Waals surface area contributed by atoms with Crippen LogP contribution in [0, 0.1) is 0 Å². The zero-order chi connectivity index (χ0) is 10.9. The van der Waals surface area contributed by atoms with Gasteiger partial charge in [0.15, 0.2) is 0 Å². The molecule has 1 fully saturated rings. The van der Waals surface area contributed by atoms with E-state index < -0.39 is 0 Å². The van der Waals surface area contributed by atoms with Crippen molar-refractivity contribution < 1.29 is 9.47 Å². The molecule has 4 nitrogen and oxygen atoms in total. The Balaban J connectivity index is 1.98. The maximum Gasteiger partial charge on any atom is 0.0936 e. The summed E-state index contributed by atoms with van der Waals surface area (Å²) >= 11 is 0. The van der Waals surface area contributed by atoms with E-state index in [9.17, 15) is 0 Å². The van der Waals surface area contributed by atoms with Gasteiger partial charge in [0.1, 0.15) is 0 Å². The largest absolute Gasteiger partial charge is 0.376 e. The number of hydrogen-bond donors (Lipinski definition) is 1. The van der Waals surface area contributed by atoms with Gasteiger partial charge < -0.3 is 19.7 Å². The number of nitrogens with zero attached hydrogens (tertiary/aromatic N) is 1. The second kappa shape index (κ2) is 8.05. The van der Waals surface area contributed by atoms with Gasteiger partial charge in [-0.3, -0.25) is 0 Å². The SMILES string of the molecule is CCCNCCN(C)CC1COCCO1. The molecule has 4 heteroatoms. The van der Waals surface area contributed by atoms with Crippen molar-refractivity contribution >= 4 is 0 Å². The predicted molar refractivity (Wildman–Crippen MR) is 61.2 cm³/mol. The van der Waals surface area contributed by atoms with Gasteiger partial charge in [0.25, 0.3) is 0 Å². The first-order valence-corrected chi connectivity index (χ1v) is 5.91. The summed E-state index contributed by atoms with van der Waals surface area (Å²) in [5.74, 6) is 0. The van der Waals surface area contributed by atoms with Crippen LogP contribution in [0.5, 0.6) is 0 Å². The van der Waals surface area contributed by atoms with Crippen molar-refractivity contribution in [2.24, 2.45) is 0 Å². The molecular weight excluding hydrogens is 192 g/mol. The quantitative estimate of drug-likeness (QED) is 0.622. The summed E-state index contributed by atoms with van der Waals surface area (Å²) in [5, 5.41) is 3.39. The Hall–Kier alpha value is -0.160. The lowest BCUT2D eigenvalue weighted by Crippen LogP contribution is -2.40. The van der Waals surface area contributed by atoms with Crippen molar-refractivity contribution in [3.63, 3.8) is 0 Å². The van der Waals surface area contributed by atoms with Crippen LogP contribution in [-0.2, 0) is 9.47 Å². The van der Waals surface area contributed by atoms with Gasteiger partial charge in [-0.05, 0) is 20.0 Å². The molecule has 0 aromatic carbocycles. The van der Waals surface area contributed by atoms with Crippen LogP contribution >= 0.6 is 0 Å². The normalized spacial score (nSPS) is 22.2. The smallest absolute Gasteiger partial charge is 0.0936 e. The first kappa shape index (κ1) is 12.9. The van der Waals surface area contributed by atoms with Gasteiger partial charge in [-0.15, -0.1) is 0 Å². The fourth-order valence-corrected chi connectivity index (χ4v) is 1.65. The fourth-order valence-electron chi connectivity index (χ4n) is 1.65. The lowest BCUT2D eigenvalue weighted by atomic mass is 10.3. The second-order valence-electron chi connectivity index (χ2n) is 4.08. The van der Waals surface area contributed by atoms with Gasteiger partial charge in [0.2, 0.25) is 0 Å². The molecule has 0 aromatic rings. The summed E-state index contributed by atoms with van der Waals surface area (Å²) in [6.07, 6.45) is 1.46. The Morgan fingerprint density at radius 2 is 2.20 bits per heavy atom. The standard InChI is InChI=1S/C11H24N2O2/c1-3-4-12-5-6-13(2)9-11-10-14-7-8-15-11/h11-12H,3-10H2,1-2H3. The molecule has 0 amide bonds. The number of rotatable bonds is 7. The van der Waals surface area contributed by atoms with Crippen molar-refractivity contribution in [1.29, 1.82) is 0 Å². The van der Waals surface area contributed by atoms with E-state index in [-0.39, 0.29) is 6.10 Å². The van der Waals surface area contributed by atoms with Crippen LogP contribution in [0.25, 0.3) is 0 Å². The minimum absolute atomic E-state index is 0.259. The van der Waals surface area contributed by atoms with Gasteiger partial charge in [-0.1, -0.05) is 6.92 Å². The van der Waals surface area contributed by atoms with Crippen LogP contribution in [0.4, 0.5) is 0 Å². The molecule has 1 aliphatic rings. The molecule has 1 saturated heterocycles. The van der Waals surface area contributed by atoms with Crippen molar-refractivity contribution in [3.8, 4) is 0 Å². The maximum absolute atomic E-state index is 5.59. The molecular formula is C11H24N2O2. The first-order chi connectivity index (χ1) is 7.33. The number of likely N-dealkylation sites (N-methyl/N-ethyl adjacent to an activating group) is 1. The molecule has 0 aliphatic carbocycles. The van der Waals surface area contributed by atoms with Crippen LogP contribution in [0.15, 0.2) is 0 Å². The topological polar surface area (TPSA) is 33.7 Å². The van der Waals surface area contributed by atoms with E-state index in [2.05, 4.69) is 24.2 Å². The average molecular weight is 216 g/mol.